The molecule has 1 atom stereocenters. The Morgan fingerprint density at radius 3 is 2.89 bits per heavy atom. The quantitative estimate of drug-likeness (QED) is 0.901. The molecule has 0 fully saturated rings. The number of benzene rings is 1. The monoisotopic (exact) mass is 264 g/mol. The van der Waals surface area contributed by atoms with E-state index in [-0.39, 0.29) is 18.4 Å². The second kappa shape index (κ2) is 5.84. The highest BCUT2D eigenvalue weighted by molar-refractivity contribution is 5.35. The molecule has 0 amide bonds. The van der Waals surface area contributed by atoms with E-state index >= 15 is 0 Å². The SMILES string of the molecule is Cc1cc(COc2c(F)cccc2CC(C)N)on1. The van der Waals surface area contributed by atoms with Gasteiger partial charge in [-0.15, -0.1) is 0 Å². The van der Waals surface area contributed by atoms with Gasteiger partial charge in [-0.25, -0.2) is 4.39 Å². The first-order chi connectivity index (χ1) is 9.06. The molecule has 0 saturated carbocycles. The molecular formula is C14H17FN2O2. The van der Waals surface area contributed by atoms with E-state index in [2.05, 4.69) is 5.16 Å². The number of aromatic nitrogens is 1. The summed E-state index contributed by atoms with van der Waals surface area (Å²) in [5, 5.41) is 3.75. The van der Waals surface area contributed by atoms with Crippen LogP contribution in [0.3, 0.4) is 0 Å². The standard InChI is InChI=1S/C14H17FN2O2/c1-9(16)6-11-4-3-5-13(15)14(11)18-8-12-7-10(2)17-19-12/h3-5,7,9H,6,8,16H2,1-2H3. The van der Waals surface area contributed by atoms with Crippen molar-refractivity contribution in [2.75, 3.05) is 0 Å². The van der Waals surface area contributed by atoms with E-state index in [0.29, 0.717) is 12.2 Å². The molecule has 0 aliphatic rings. The van der Waals surface area contributed by atoms with Gasteiger partial charge >= 0.3 is 0 Å². The Kier molecular flexibility index (Phi) is 4.16. The first kappa shape index (κ1) is 13.5. The molecule has 2 N–H and O–H groups in total. The van der Waals surface area contributed by atoms with Crippen LogP contribution >= 0.6 is 0 Å². The zero-order valence-corrected chi connectivity index (χ0v) is 11.0. The Bertz CT molecular complexity index is 552. The fourth-order valence-corrected chi connectivity index (χ4v) is 1.85. The summed E-state index contributed by atoms with van der Waals surface area (Å²) in [5.74, 6) is 0.399. The van der Waals surface area contributed by atoms with Crippen molar-refractivity contribution in [2.24, 2.45) is 5.73 Å². The van der Waals surface area contributed by atoms with Crippen molar-refractivity contribution in [1.29, 1.82) is 0 Å². The van der Waals surface area contributed by atoms with Gasteiger partial charge in [0, 0.05) is 12.1 Å². The molecule has 0 saturated heterocycles. The third-order valence-electron chi connectivity index (χ3n) is 2.63. The number of para-hydroxylation sites is 1. The van der Waals surface area contributed by atoms with E-state index in [0.717, 1.165) is 11.3 Å². The van der Waals surface area contributed by atoms with Gasteiger partial charge in [-0.3, -0.25) is 0 Å². The maximum Gasteiger partial charge on any atom is 0.174 e. The fourth-order valence-electron chi connectivity index (χ4n) is 1.85. The lowest BCUT2D eigenvalue weighted by Gasteiger charge is -2.12. The van der Waals surface area contributed by atoms with Crippen LogP contribution in [-0.2, 0) is 13.0 Å². The number of nitrogens with zero attached hydrogens (tertiary/aromatic N) is 1. The van der Waals surface area contributed by atoms with Crippen molar-refractivity contribution >= 4 is 0 Å². The summed E-state index contributed by atoms with van der Waals surface area (Å²) >= 11 is 0. The summed E-state index contributed by atoms with van der Waals surface area (Å²) in [6, 6.07) is 6.53. The van der Waals surface area contributed by atoms with Crippen molar-refractivity contribution in [1.82, 2.24) is 5.16 Å². The number of halogens is 1. The molecule has 0 radical (unpaired) electrons. The summed E-state index contributed by atoms with van der Waals surface area (Å²) in [4.78, 5) is 0. The molecule has 1 aromatic carbocycles. The average Bonchev–Trinajstić information content (AvgIpc) is 2.73. The number of hydrogen-bond acceptors (Lipinski definition) is 4. The predicted octanol–water partition coefficient (Wildman–Crippen LogP) is 2.59. The minimum atomic E-state index is -0.394. The summed E-state index contributed by atoms with van der Waals surface area (Å²) in [7, 11) is 0. The lowest BCUT2D eigenvalue weighted by molar-refractivity contribution is 0.237. The van der Waals surface area contributed by atoms with Crippen LogP contribution in [0, 0.1) is 12.7 Å². The molecular weight excluding hydrogens is 247 g/mol. The van der Waals surface area contributed by atoms with Crippen LogP contribution in [0.2, 0.25) is 0 Å². The largest absolute Gasteiger partial charge is 0.482 e. The molecule has 2 rings (SSSR count). The molecule has 1 unspecified atom stereocenters. The molecule has 1 heterocycles. The topological polar surface area (TPSA) is 61.3 Å². The van der Waals surface area contributed by atoms with Crippen molar-refractivity contribution in [3.63, 3.8) is 0 Å². The summed E-state index contributed by atoms with van der Waals surface area (Å²) in [6.07, 6.45) is 0.558. The van der Waals surface area contributed by atoms with E-state index in [4.69, 9.17) is 15.0 Å². The highest BCUT2D eigenvalue weighted by Gasteiger charge is 2.12. The smallest absolute Gasteiger partial charge is 0.174 e. The maximum absolute atomic E-state index is 13.8. The number of ether oxygens (including phenoxy) is 1. The maximum atomic E-state index is 13.8. The van der Waals surface area contributed by atoms with Gasteiger partial charge in [0.2, 0.25) is 0 Å². The summed E-state index contributed by atoms with van der Waals surface area (Å²) in [6.45, 7) is 3.83. The normalized spacial score (nSPS) is 12.4. The van der Waals surface area contributed by atoms with E-state index in [1.165, 1.54) is 6.07 Å². The first-order valence-corrected chi connectivity index (χ1v) is 6.14. The predicted molar refractivity (Wildman–Crippen MR) is 69.3 cm³/mol. The lowest BCUT2D eigenvalue weighted by atomic mass is 10.1. The van der Waals surface area contributed by atoms with Crippen LogP contribution < -0.4 is 10.5 Å². The van der Waals surface area contributed by atoms with Crippen molar-refractivity contribution < 1.29 is 13.7 Å². The third-order valence-corrected chi connectivity index (χ3v) is 2.63. The highest BCUT2D eigenvalue weighted by Crippen LogP contribution is 2.25. The molecule has 0 aliphatic carbocycles. The highest BCUT2D eigenvalue weighted by atomic mass is 19.1. The molecule has 5 heteroatoms. The van der Waals surface area contributed by atoms with E-state index in [9.17, 15) is 4.39 Å². The molecule has 102 valence electrons. The molecule has 0 aliphatic heterocycles. The molecule has 2 aromatic rings. The fraction of sp³-hybridized carbons (Fsp3) is 0.357. The molecule has 19 heavy (non-hydrogen) atoms. The van der Waals surface area contributed by atoms with Crippen molar-refractivity contribution in [3.05, 3.63) is 47.1 Å². The average molecular weight is 264 g/mol. The van der Waals surface area contributed by atoms with Crippen LogP contribution in [0.25, 0.3) is 0 Å². The van der Waals surface area contributed by atoms with Gasteiger partial charge in [0.1, 0.15) is 6.61 Å². The van der Waals surface area contributed by atoms with Crippen LogP contribution in [-0.4, -0.2) is 11.2 Å². The second-order valence-corrected chi connectivity index (χ2v) is 4.63. The van der Waals surface area contributed by atoms with E-state index in [1.807, 2.05) is 19.9 Å². The van der Waals surface area contributed by atoms with Crippen molar-refractivity contribution in [3.8, 4) is 5.75 Å². The lowest BCUT2D eigenvalue weighted by Crippen LogP contribution is -2.18. The first-order valence-electron chi connectivity index (χ1n) is 6.14. The van der Waals surface area contributed by atoms with Gasteiger partial charge in [0.15, 0.2) is 17.3 Å². The van der Waals surface area contributed by atoms with Gasteiger partial charge in [0.05, 0.1) is 5.69 Å². The van der Waals surface area contributed by atoms with Crippen molar-refractivity contribution in [2.45, 2.75) is 32.9 Å². The number of rotatable bonds is 5. The summed E-state index contributed by atoms with van der Waals surface area (Å²) in [5.41, 5.74) is 7.27. The molecule has 4 nitrogen and oxygen atoms in total. The van der Waals surface area contributed by atoms with Crippen LogP contribution in [0.5, 0.6) is 5.75 Å². The van der Waals surface area contributed by atoms with Gasteiger partial charge in [0.25, 0.3) is 0 Å². The molecule has 1 aromatic heterocycles. The van der Waals surface area contributed by atoms with Gasteiger partial charge < -0.3 is 15.0 Å². The van der Waals surface area contributed by atoms with E-state index < -0.39 is 5.82 Å². The van der Waals surface area contributed by atoms with E-state index in [1.54, 1.807) is 12.1 Å². The van der Waals surface area contributed by atoms with Crippen LogP contribution in [0.4, 0.5) is 4.39 Å². The number of aryl methyl sites for hydroxylation is 1. The van der Waals surface area contributed by atoms with Gasteiger partial charge in [-0.1, -0.05) is 17.3 Å². The molecule has 0 bridgehead atoms. The number of hydrogen-bond donors (Lipinski definition) is 1. The zero-order valence-electron chi connectivity index (χ0n) is 11.0. The Morgan fingerprint density at radius 2 is 2.26 bits per heavy atom. The van der Waals surface area contributed by atoms with Crippen LogP contribution in [0.15, 0.2) is 28.8 Å². The van der Waals surface area contributed by atoms with Gasteiger partial charge in [-0.2, -0.15) is 0 Å². The zero-order chi connectivity index (χ0) is 13.8. The van der Waals surface area contributed by atoms with Crippen LogP contribution in [0.1, 0.15) is 23.9 Å². The Hall–Kier alpha value is -1.88. The minimum Gasteiger partial charge on any atom is -0.482 e. The number of nitrogens with two attached hydrogens (primary N) is 1. The third kappa shape index (κ3) is 3.54. The minimum absolute atomic E-state index is 0.0586. The van der Waals surface area contributed by atoms with Gasteiger partial charge in [-0.05, 0) is 31.9 Å². The Balaban J connectivity index is 2.14. The Morgan fingerprint density at radius 1 is 1.47 bits per heavy atom. The Labute approximate surface area is 111 Å². The molecule has 0 spiro atoms. The summed E-state index contributed by atoms with van der Waals surface area (Å²) < 4.78 is 24.3. The second-order valence-electron chi connectivity index (χ2n) is 4.63.